The Balaban J connectivity index is 2.97. The van der Waals surface area contributed by atoms with Crippen LogP contribution in [-0.2, 0) is 4.74 Å². The van der Waals surface area contributed by atoms with Crippen molar-refractivity contribution in [2.75, 3.05) is 13.2 Å². The average molecular weight is 286 g/mol. The predicted molar refractivity (Wildman–Crippen MR) is 79.4 cm³/mol. The van der Waals surface area contributed by atoms with Gasteiger partial charge in [-0.25, -0.2) is 4.79 Å². The van der Waals surface area contributed by atoms with Gasteiger partial charge >= 0.3 is 6.09 Å². The molecule has 118 valence electrons. The van der Waals surface area contributed by atoms with Gasteiger partial charge in [-0.3, -0.25) is 0 Å². The summed E-state index contributed by atoms with van der Waals surface area (Å²) < 4.78 is 5.49. The van der Waals surface area contributed by atoms with Crippen molar-refractivity contribution in [2.24, 2.45) is 11.1 Å². The molecule has 1 heterocycles. The van der Waals surface area contributed by atoms with Crippen LogP contribution in [0.2, 0.25) is 0 Å². The highest BCUT2D eigenvalue weighted by atomic mass is 16.6. The lowest BCUT2D eigenvalue weighted by Crippen LogP contribution is -2.64. The van der Waals surface area contributed by atoms with E-state index in [1.54, 1.807) is 11.8 Å². The fraction of sp³-hybridized carbons (Fsp3) is 0.933. The van der Waals surface area contributed by atoms with Crippen molar-refractivity contribution >= 4 is 6.09 Å². The first kappa shape index (κ1) is 17.2. The largest absolute Gasteiger partial charge is 0.444 e. The van der Waals surface area contributed by atoms with E-state index in [9.17, 15) is 9.90 Å². The second kappa shape index (κ2) is 5.53. The number of nitrogens with zero attached hydrogens (tertiary/aromatic N) is 1. The third-order valence-electron chi connectivity index (χ3n) is 3.80. The van der Waals surface area contributed by atoms with Crippen molar-refractivity contribution in [3.63, 3.8) is 0 Å². The van der Waals surface area contributed by atoms with Crippen molar-refractivity contribution in [1.82, 2.24) is 4.90 Å². The van der Waals surface area contributed by atoms with Gasteiger partial charge in [0.05, 0.1) is 18.2 Å². The first-order chi connectivity index (χ1) is 8.88. The lowest BCUT2D eigenvalue weighted by Gasteiger charge is -2.48. The van der Waals surface area contributed by atoms with E-state index in [2.05, 4.69) is 13.8 Å². The molecule has 1 fully saturated rings. The summed E-state index contributed by atoms with van der Waals surface area (Å²) >= 11 is 0. The Kier molecular flexibility index (Phi) is 4.76. The summed E-state index contributed by atoms with van der Waals surface area (Å²) in [5.41, 5.74) is 4.87. The van der Waals surface area contributed by atoms with Crippen LogP contribution in [0.15, 0.2) is 0 Å². The summed E-state index contributed by atoms with van der Waals surface area (Å²) in [5, 5.41) is 9.50. The maximum atomic E-state index is 12.4. The van der Waals surface area contributed by atoms with Gasteiger partial charge < -0.3 is 20.5 Å². The molecule has 0 aromatic carbocycles. The Morgan fingerprint density at radius 2 is 1.95 bits per heavy atom. The summed E-state index contributed by atoms with van der Waals surface area (Å²) in [5.74, 6) is 0. The van der Waals surface area contributed by atoms with E-state index in [4.69, 9.17) is 10.5 Å². The molecule has 1 saturated heterocycles. The maximum Gasteiger partial charge on any atom is 0.410 e. The highest BCUT2D eigenvalue weighted by Crippen LogP contribution is 2.36. The van der Waals surface area contributed by atoms with Crippen LogP contribution < -0.4 is 5.73 Å². The van der Waals surface area contributed by atoms with Crippen LogP contribution in [0.3, 0.4) is 0 Å². The minimum Gasteiger partial charge on any atom is -0.444 e. The number of aliphatic hydroxyl groups is 1. The Bertz CT molecular complexity index is 359. The number of aliphatic hydroxyl groups excluding tert-OH is 1. The molecule has 0 radical (unpaired) electrons. The summed E-state index contributed by atoms with van der Waals surface area (Å²) in [7, 11) is 0. The lowest BCUT2D eigenvalue weighted by atomic mass is 9.76. The van der Waals surface area contributed by atoms with Crippen molar-refractivity contribution in [1.29, 1.82) is 0 Å². The van der Waals surface area contributed by atoms with E-state index in [0.717, 1.165) is 12.8 Å². The van der Waals surface area contributed by atoms with E-state index in [1.807, 2.05) is 20.8 Å². The molecular weight excluding hydrogens is 256 g/mol. The average Bonchev–Trinajstić information content (AvgIpc) is 2.25. The predicted octanol–water partition coefficient (Wildman–Crippen LogP) is 2.12. The molecule has 0 spiro atoms. The van der Waals surface area contributed by atoms with Crippen molar-refractivity contribution in [3.05, 3.63) is 0 Å². The lowest BCUT2D eigenvalue weighted by molar-refractivity contribution is -0.0272. The third kappa shape index (κ3) is 4.35. The van der Waals surface area contributed by atoms with E-state index >= 15 is 0 Å². The molecule has 2 atom stereocenters. The normalized spacial score (nSPS) is 26.0. The number of nitrogens with two attached hydrogens (primary N) is 1. The number of carbonyl (C=O) groups excluding carboxylic acids is 1. The van der Waals surface area contributed by atoms with Crippen LogP contribution in [0.5, 0.6) is 0 Å². The highest BCUT2D eigenvalue weighted by Gasteiger charge is 2.44. The van der Waals surface area contributed by atoms with Crippen LogP contribution in [0, 0.1) is 5.41 Å². The van der Waals surface area contributed by atoms with Crippen LogP contribution in [0.25, 0.3) is 0 Å². The monoisotopic (exact) mass is 286 g/mol. The smallest absolute Gasteiger partial charge is 0.410 e. The van der Waals surface area contributed by atoms with Crippen LogP contribution in [-0.4, -0.2) is 46.4 Å². The molecule has 3 N–H and O–H groups in total. The second-order valence-corrected chi connectivity index (χ2v) is 7.99. The van der Waals surface area contributed by atoms with Crippen molar-refractivity contribution in [3.8, 4) is 0 Å². The molecule has 0 aliphatic carbocycles. The zero-order valence-electron chi connectivity index (χ0n) is 13.7. The van der Waals surface area contributed by atoms with Crippen molar-refractivity contribution in [2.45, 2.75) is 71.6 Å². The Hall–Kier alpha value is -0.810. The molecule has 2 unspecified atom stereocenters. The highest BCUT2D eigenvalue weighted by molar-refractivity contribution is 5.69. The van der Waals surface area contributed by atoms with E-state index < -0.39 is 11.1 Å². The minimum atomic E-state index is -0.812. The minimum absolute atomic E-state index is 0.0406. The number of carbonyl (C=O) groups is 1. The molecule has 1 rings (SSSR count). The topological polar surface area (TPSA) is 75.8 Å². The van der Waals surface area contributed by atoms with Gasteiger partial charge in [0.15, 0.2) is 0 Å². The van der Waals surface area contributed by atoms with E-state index in [1.165, 1.54) is 0 Å². The van der Waals surface area contributed by atoms with Gasteiger partial charge in [0, 0.05) is 6.54 Å². The quantitative estimate of drug-likeness (QED) is 0.815. The molecule has 0 saturated carbocycles. The van der Waals surface area contributed by atoms with Gasteiger partial charge in [0.25, 0.3) is 0 Å². The van der Waals surface area contributed by atoms with Crippen molar-refractivity contribution < 1.29 is 14.6 Å². The van der Waals surface area contributed by atoms with Gasteiger partial charge in [-0.1, -0.05) is 13.8 Å². The fourth-order valence-electron chi connectivity index (χ4n) is 2.64. The molecule has 20 heavy (non-hydrogen) atoms. The molecular formula is C15H30N2O3. The number of rotatable bonds is 2. The molecule has 5 heteroatoms. The number of hydrogen-bond acceptors (Lipinski definition) is 4. The van der Waals surface area contributed by atoms with Crippen LogP contribution in [0.4, 0.5) is 4.79 Å². The molecule has 5 nitrogen and oxygen atoms in total. The zero-order chi connectivity index (χ0) is 15.8. The number of amides is 1. The van der Waals surface area contributed by atoms with E-state index in [0.29, 0.717) is 6.54 Å². The van der Waals surface area contributed by atoms with Crippen LogP contribution in [0.1, 0.15) is 54.4 Å². The van der Waals surface area contributed by atoms with Gasteiger partial charge in [0.2, 0.25) is 0 Å². The summed E-state index contributed by atoms with van der Waals surface area (Å²) in [6.45, 7) is 12.0. The second-order valence-electron chi connectivity index (χ2n) is 7.99. The van der Waals surface area contributed by atoms with Gasteiger partial charge in [-0.2, -0.15) is 0 Å². The first-order valence-electron chi connectivity index (χ1n) is 7.27. The molecule has 0 bridgehead atoms. The SMILES string of the molecule is CC1(C)CCC(C(C)(N)CO)N(C(=O)OC(C)(C)C)C1. The Labute approximate surface area is 122 Å². The van der Waals surface area contributed by atoms with Crippen LogP contribution >= 0.6 is 0 Å². The summed E-state index contributed by atoms with van der Waals surface area (Å²) in [6, 6.07) is -0.199. The maximum absolute atomic E-state index is 12.4. The molecule has 0 aromatic rings. The van der Waals surface area contributed by atoms with Gasteiger partial charge in [-0.15, -0.1) is 0 Å². The summed E-state index contributed by atoms with van der Waals surface area (Å²) in [6.07, 6.45) is 1.41. The fourth-order valence-corrected chi connectivity index (χ4v) is 2.64. The Morgan fingerprint density at radius 3 is 2.40 bits per heavy atom. The van der Waals surface area contributed by atoms with Gasteiger partial charge in [-0.05, 0) is 46.0 Å². The molecule has 1 aliphatic heterocycles. The number of hydrogen-bond donors (Lipinski definition) is 2. The van der Waals surface area contributed by atoms with E-state index in [-0.39, 0.29) is 24.2 Å². The molecule has 1 aliphatic rings. The molecule has 0 aromatic heterocycles. The number of piperidine rings is 1. The number of ether oxygens (including phenoxy) is 1. The molecule has 1 amide bonds. The Morgan fingerprint density at radius 1 is 1.40 bits per heavy atom. The standard InChI is InChI=1S/C15H30N2O3/c1-13(2,3)20-12(19)17-9-14(4,5)8-7-11(17)15(6,16)10-18/h11,18H,7-10,16H2,1-6H3. The van der Waals surface area contributed by atoms with Gasteiger partial charge in [0.1, 0.15) is 5.60 Å². The first-order valence-corrected chi connectivity index (χ1v) is 7.27. The summed E-state index contributed by atoms with van der Waals surface area (Å²) in [4.78, 5) is 14.1. The zero-order valence-corrected chi connectivity index (χ0v) is 13.7. The third-order valence-corrected chi connectivity index (χ3v) is 3.80. The number of likely N-dealkylation sites (tertiary alicyclic amines) is 1.